The standard InChI is InChI=1S/C21H20FN3O4/c1-29-18-10-8-17(9-11-18)25-20(27)19(26)24(21(25)28)13-23(16-6-7-16)12-14-2-4-15(22)5-3-14/h2-5,8-11,16H,6-7,12-13H2,1H3/p+1. The molecule has 0 aromatic heterocycles. The molecule has 2 aromatic carbocycles. The molecule has 0 spiro atoms. The minimum absolute atomic E-state index is 0.0953. The lowest BCUT2D eigenvalue weighted by molar-refractivity contribution is -0.931. The van der Waals surface area contributed by atoms with E-state index >= 15 is 0 Å². The van der Waals surface area contributed by atoms with E-state index in [1.165, 1.54) is 19.2 Å². The van der Waals surface area contributed by atoms with E-state index in [2.05, 4.69) is 0 Å². The summed E-state index contributed by atoms with van der Waals surface area (Å²) in [5, 5.41) is 0. The van der Waals surface area contributed by atoms with Crippen molar-refractivity contribution in [2.24, 2.45) is 0 Å². The van der Waals surface area contributed by atoms with E-state index < -0.39 is 17.8 Å². The monoisotopic (exact) mass is 398 g/mol. The molecule has 0 radical (unpaired) electrons. The van der Waals surface area contributed by atoms with Gasteiger partial charge in [0.25, 0.3) is 0 Å². The molecule has 8 heteroatoms. The molecule has 7 nitrogen and oxygen atoms in total. The van der Waals surface area contributed by atoms with Crippen molar-refractivity contribution >= 4 is 23.5 Å². The summed E-state index contributed by atoms with van der Waals surface area (Å²) in [6.07, 6.45) is 1.98. The van der Waals surface area contributed by atoms with Gasteiger partial charge in [-0.3, -0.25) is 9.59 Å². The molecule has 2 fully saturated rings. The second-order valence-corrected chi connectivity index (χ2v) is 7.25. The van der Waals surface area contributed by atoms with Gasteiger partial charge in [-0.2, -0.15) is 0 Å². The molecule has 4 amide bonds. The zero-order valence-corrected chi connectivity index (χ0v) is 15.9. The van der Waals surface area contributed by atoms with E-state index in [4.69, 9.17) is 4.74 Å². The molecule has 1 N–H and O–H groups in total. The number of nitrogens with zero attached hydrogens (tertiary/aromatic N) is 2. The molecule has 1 heterocycles. The largest absolute Gasteiger partial charge is 0.497 e. The molecule has 4 rings (SSSR count). The first kappa shape index (κ1) is 19.1. The van der Waals surface area contributed by atoms with Gasteiger partial charge in [0.1, 0.15) is 18.1 Å². The van der Waals surface area contributed by atoms with Crippen LogP contribution >= 0.6 is 0 Å². The highest BCUT2D eigenvalue weighted by molar-refractivity contribution is 6.52. The first-order chi connectivity index (χ1) is 14.0. The number of benzene rings is 2. The maximum Gasteiger partial charge on any atom is 0.343 e. The summed E-state index contributed by atoms with van der Waals surface area (Å²) in [5.41, 5.74) is 1.23. The smallest absolute Gasteiger partial charge is 0.343 e. The highest BCUT2D eigenvalue weighted by Gasteiger charge is 2.48. The number of quaternary nitrogens is 1. The summed E-state index contributed by atoms with van der Waals surface area (Å²) in [7, 11) is 1.52. The third-order valence-electron chi connectivity index (χ3n) is 5.24. The van der Waals surface area contributed by atoms with Gasteiger partial charge in [-0.1, -0.05) is 12.1 Å². The lowest BCUT2D eigenvalue weighted by Crippen LogP contribution is -3.13. The molecule has 150 valence electrons. The minimum Gasteiger partial charge on any atom is -0.497 e. The number of carbonyl (C=O) groups is 3. The number of hydrogen-bond acceptors (Lipinski definition) is 4. The highest BCUT2D eigenvalue weighted by atomic mass is 19.1. The number of ether oxygens (including phenoxy) is 1. The van der Waals surface area contributed by atoms with Gasteiger partial charge in [-0.05, 0) is 36.4 Å². The van der Waals surface area contributed by atoms with E-state index in [0.29, 0.717) is 24.0 Å². The van der Waals surface area contributed by atoms with Crippen molar-refractivity contribution in [1.82, 2.24) is 4.90 Å². The number of nitrogens with one attached hydrogen (secondary N) is 1. The van der Waals surface area contributed by atoms with Gasteiger partial charge < -0.3 is 9.64 Å². The highest BCUT2D eigenvalue weighted by Crippen LogP contribution is 2.24. The van der Waals surface area contributed by atoms with Gasteiger partial charge in [0, 0.05) is 18.4 Å². The van der Waals surface area contributed by atoms with Crippen LogP contribution < -0.4 is 14.5 Å². The topological polar surface area (TPSA) is 71.4 Å². The number of methoxy groups -OCH3 is 1. The lowest BCUT2D eigenvalue weighted by atomic mass is 10.2. The molecule has 2 aliphatic rings. The van der Waals surface area contributed by atoms with Crippen molar-refractivity contribution in [1.29, 1.82) is 0 Å². The Morgan fingerprint density at radius 2 is 1.66 bits per heavy atom. The van der Waals surface area contributed by atoms with E-state index in [9.17, 15) is 18.8 Å². The number of halogens is 1. The number of amides is 4. The summed E-state index contributed by atoms with van der Waals surface area (Å²) < 4.78 is 18.2. The minimum atomic E-state index is -0.864. The third kappa shape index (κ3) is 3.84. The summed E-state index contributed by atoms with van der Waals surface area (Å²) in [5.74, 6) is -1.42. The fraction of sp³-hybridized carbons (Fsp3) is 0.286. The van der Waals surface area contributed by atoms with E-state index in [0.717, 1.165) is 33.1 Å². The molecule has 1 aliphatic heterocycles. The molecule has 1 saturated heterocycles. The Morgan fingerprint density at radius 3 is 2.24 bits per heavy atom. The molecule has 0 bridgehead atoms. The van der Waals surface area contributed by atoms with Gasteiger partial charge >= 0.3 is 17.8 Å². The first-order valence-corrected chi connectivity index (χ1v) is 9.41. The van der Waals surface area contributed by atoms with Gasteiger partial charge in [-0.15, -0.1) is 0 Å². The van der Waals surface area contributed by atoms with Gasteiger partial charge in [0.15, 0.2) is 6.67 Å². The predicted octanol–water partition coefficient (Wildman–Crippen LogP) is 1.33. The predicted molar refractivity (Wildman–Crippen MR) is 102 cm³/mol. The number of urea groups is 1. The van der Waals surface area contributed by atoms with Crippen LogP contribution in [-0.4, -0.2) is 42.6 Å². The van der Waals surface area contributed by atoms with Crippen molar-refractivity contribution in [3.05, 3.63) is 59.9 Å². The Hall–Kier alpha value is -3.26. The Kier molecular flexibility index (Phi) is 5.02. The summed E-state index contributed by atoms with van der Waals surface area (Å²) in [4.78, 5) is 40.8. The normalized spacial score (nSPS) is 17.8. The fourth-order valence-electron chi connectivity index (χ4n) is 3.49. The van der Waals surface area contributed by atoms with Crippen LogP contribution in [0.1, 0.15) is 18.4 Å². The van der Waals surface area contributed by atoms with E-state index in [1.54, 1.807) is 36.4 Å². The SMILES string of the molecule is COc1ccc(N2C(=O)C(=O)N(C[NH+](Cc3ccc(F)cc3)C3CC3)C2=O)cc1. The van der Waals surface area contributed by atoms with Crippen LogP contribution in [0.5, 0.6) is 5.75 Å². The van der Waals surface area contributed by atoms with Gasteiger partial charge in [0.2, 0.25) is 0 Å². The molecule has 1 unspecified atom stereocenters. The second-order valence-electron chi connectivity index (χ2n) is 7.25. The van der Waals surface area contributed by atoms with E-state index in [1.807, 2.05) is 0 Å². The maximum atomic E-state index is 13.2. The summed E-state index contributed by atoms with van der Waals surface area (Å²) in [6.45, 7) is 0.636. The fourth-order valence-corrected chi connectivity index (χ4v) is 3.49. The maximum absolute atomic E-state index is 13.2. The number of carbonyl (C=O) groups excluding carboxylic acids is 3. The van der Waals surface area contributed by atoms with Crippen LogP contribution in [0.25, 0.3) is 0 Å². The number of hydrogen-bond donors (Lipinski definition) is 1. The summed E-state index contributed by atoms with van der Waals surface area (Å²) in [6, 6.07) is 12.2. The first-order valence-electron chi connectivity index (χ1n) is 9.41. The number of rotatable bonds is 7. The molecule has 29 heavy (non-hydrogen) atoms. The Bertz CT molecular complexity index is 941. The van der Waals surface area contributed by atoms with Crippen molar-refractivity contribution < 1.29 is 28.4 Å². The molecular weight excluding hydrogens is 377 g/mol. The van der Waals surface area contributed by atoms with Crippen molar-refractivity contribution in [2.75, 3.05) is 18.7 Å². The van der Waals surface area contributed by atoms with Crippen LogP contribution in [0, 0.1) is 5.82 Å². The van der Waals surface area contributed by atoms with Crippen LogP contribution in [0.4, 0.5) is 14.9 Å². The van der Waals surface area contributed by atoms with Crippen LogP contribution in [0.3, 0.4) is 0 Å². The van der Waals surface area contributed by atoms with Gasteiger partial charge in [0.05, 0.1) is 18.8 Å². The Labute approximate surface area is 167 Å². The third-order valence-corrected chi connectivity index (χ3v) is 5.24. The average Bonchev–Trinajstić information content (AvgIpc) is 3.55. The van der Waals surface area contributed by atoms with Crippen molar-refractivity contribution in [3.8, 4) is 5.75 Å². The van der Waals surface area contributed by atoms with Crippen molar-refractivity contribution in [2.45, 2.75) is 25.4 Å². The lowest BCUT2D eigenvalue weighted by Gasteiger charge is -2.23. The van der Waals surface area contributed by atoms with Crippen LogP contribution in [0.2, 0.25) is 0 Å². The Morgan fingerprint density at radius 1 is 1.00 bits per heavy atom. The molecule has 1 atom stereocenters. The quantitative estimate of drug-likeness (QED) is 0.564. The Balaban J connectivity index is 1.52. The zero-order valence-electron chi connectivity index (χ0n) is 15.9. The van der Waals surface area contributed by atoms with Gasteiger partial charge in [-0.25, -0.2) is 19.0 Å². The molecular formula is C21H21FN3O4+. The number of anilines is 1. The average molecular weight is 398 g/mol. The molecule has 2 aromatic rings. The van der Waals surface area contributed by atoms with E-state index in [-0.39, 0.29) is 12.5 Å². The molecule has 1 saturated carbocycles. The van der Waals surface area contributed by atoms with Crippen LogP contribution in [-0.2, 0) is 16.1 Å². The second kappa shape index (κ2) is 7.63. The zero-order chi connectivity index (χ0) is 20.5. The molecule has 1 aliphatic carbocycles. The van der Waals surface area contributed by atoms with Crippen LogP contribution in [0.15, 0.2) is 48.5 Å². The van der Waals surface area contributed by atoms with Crippen molar-refractivity contribution in [3.63, 3.8) is 0 Å². The summed E-state index contributed by atoms with van der Waals surface area (Å²) >= 11 is 0. The number of imide groups is 2.